The van der Waals surface area contributed by atoms with Gasteiger partial charge in [-0.3, -0.25) is 9.59 Å². The molecule has 0 saturated heterocycles. The van der Waals surface area contributed by atoms with Gasteiger partial charge in [0.15, 0.2) is 5.78 Å². The maximum atomic E-state index is 12.4. The summed E-state index contributed by atoms with van der Waals surface area (Å²) in [6, 6.07) is 20.8. The second-order valence-corrected chi connectivity index (χ2v) is 5.08. The third-order valence-electron chi connectivity index (χ3n) is 3.52. The Kier molecular flexibility index (Phi) is 3.97. The van der Waals surface area contributed by atoms with Gasteiger partial charge < -0.3 is 4.98 Å². The number of carbonyl (C=O) groups excluding carboxylic acids is 1. The SMILES string of the molecule is O=C(Cc1ccccc1)c1cc(-c2ccccc2)c[nH]c1=O. The van der Waals surface area contributed by atoms with Crippen LogP contribution in [0, 0.1) is 0 Å². The quantitative estimate of drug-likeness (QED) is 0.748. The lowest BCUT2D eigenvalue weighted by Crippen LogP contribution is -2.18. The van der Waals surface area contributed by atoms with E-state index in [1.54, 1.807) is 12.3 Å². The lowest BCUT2D eigenvalue weighted by atomic mass is 10.0. The van der Waals surface area contributed by atoms with Crippen molar-refractivity contribution in [2.24, 2.45) is 0 Å². The number of carbonyl (C=O) groups is 1. The van der Waals surface area contributed by atoms with E-state index in [0.29, 0.717) is 0 Å². The average Bonchev–Trinajstić information content (AvgIpc) is 2.57. The minimum atomic E-state index is -0.347. The topological polar surface area (TPSA) is 49.9 Å². The lowest BCUT2D eigenvalue weighted by Gasteiger charge is -2.05. The number of aromatic amines is 1. The predicted octanol–water partition coefficient (Wildman–Crippen LogP) is 3.47. The first-order valence-corrected chi connectivity index (χ1v) is 7.09. The predicted molar refractivity (Wildman–Crippen MR) is 87.0 cm³/mol. The zero-order chi connectivity index (χ0) is 15.4. The average molecular weight is 289 g/mol. The van der Waals surface area contributed by atoms with Crippen molar-refractivity contribution >= 4 is 5.78 Å². The van der Waals surface area contributed by atoms with E-state index in [9.17, 15) is 9.59 Å². The standard InChI is InChI=1S/C19H15NO2/c21-18(11-14-7-3-1-4-8-14)17-12-16(13-20-19(17)22)15-9-5-2-6-10-15/h1-10,12-13H,11H2,(H,20,22). The molecule has 0 bridgehead atoms. The summed E-state index contributed by atoms with van der Waals surface area (Å²) in [7, 11) is 0. The highest BCUT2D eigenvalue weighted by Crippen LogP contribution is 2.18. The van der Waals surface area contributed by atoms with Gasteiger partial charge >= 0.3 is 0 Å². The van der Waals surface area contributed by atoms with E-state index in [4.69, 9.17) is 0 Å². The fourth-order valence-corrected chi connectivity index (χ4v) is 2.36. The second-order valence-electron chi connectivity index (χ2n) is 5.08. The smallest absolute Gasteiger partial charge is 0.258 e. The molecule has 0 fully saturated rings. The molecule has 0 amide bonds. The molecule has 0 spiro atoms. The summed E-state index contributed by atoms with van der Waals surface area (Å²) in [5, 5.41) is 0. The zero-order valence-corrected chi connectivity index (χ0v) is 12.0. The third-order valence-corrected chi connectivity index (χ3v) is 3.52. The first-order chi connectivity index (χ1) is 10.7. The number of aromatic nitrogens is 1. The summed E-state index contributed by atoms with van der Waals surface area (Å²) in [4.78, 5) is 27.0. The van der Waals surface area contributed by atoms with Crippen molar-refractivity contribution in [3.8, 4) is 11.1 Å². The highest BCUT2D eigenvalue weighted by molar-refractivity contribution is 5.98. The number of H-pyrrole nitrogens is 1. The molecule has 0 unspecified atom stereocenters. The molecule has 1 aromatic heterocycles. The first kappa shape index (κ1) is 14.0. The monoisotopic (exact) mass is 289 g/mol. The van der Waals surface area contributed by atoms with Crippen molar-refractivity contribution in [2.75, 3.05) is 0 Å². The van der Waals surface area contributed by atoms with Gasteiger partial charge in [0.2, 0.25) is 0 Å². The zero-order valence-electron chi connectivity index (χ0n) is 12.0. The van der Waals surface area contributed by atoms with E-state index < -0.39 is 0 Å². The van der Waals surface area contributed by atoms with Gasteiger partial charge in [0.25, 0.3) is 5.56 Å². The maximum absolute atomic E-state index is 12.4. The molecule has 3 aromatic rings. The van der Waals surface area contributed by atoms with Gasteiger partial charge in [0, 0.05) is 12.6 Å². The van der Waals surface area contributed by atoms with Crippen LogP contribution in [-0.2, 0) is 6.42 Å². The van der Waals surface area contributed by atoms with Gasteiger partial charge in [0.1, 0.15) is 0 Å². The van der Waals surface area contributed by atoms with Gasteiger partial charge in [-0.05, 0) is 22.8 Å². The van der Waals surface area contributed by atoms with Crippen molar-refractivity contribution in [2.45, 2.75) is 6.42 Å². The van der Waals surface area contributed by atoms with Crippen LogP contribution in [0.2, 0.25) is 0 Å². The van der Waals surface area contributed by atoms with Crippen molar-refractivity contribution in [1.29, 1.82) is 0 Å². The molecule has 0 saturated carbocycles. The first-order valence-electron chi connectivity index (χ1n) is 7.09. The highest BCUT2D eigenvalue weighted by atomic mass is 16.1. The molecule has 3 nitrogen and oxygen atoms in total. The molecule has 3 heteroatoms. The Balaban J connectivity index is 1.93. The Bertz CT molecular complexity index is 836. The van der Waals surface area contributed by atoms with Crippen LogP contribution in [0.5, 0.6) is 0 Å². The van der Waals surface area contributed by atoms with Crippen LogP contribution in [0.25, 0.3) is 11.1 Å². The molecule has 0 aliphatic heterocycles. The molecule has 22 heavy (non-hydrogen) atoms. The van der Waals surface area contributed by atoms with Crippen molar-refractivity contribution < 1.29 is 4.79 Å². The van der Waals surface area contributed by atoms with Gasteiger partial charge in [0.05, 0.1) is 5.56 Å². The van der Waals surface area contributed by atoms with Gasteiger partial charge in [-0.2, -0.15) is 0 Å². The Morgan fingerprint density at radius 3 is 2.18 bits per heavy atom. The Morgan fingerprint density at radius 1 is 0.864 bits per heavy atom. The molecule has 0 atom stereocenters. The summed E-state index contributed by atoms with van der Waals surface area (Å²) in [5.74, 6) is -0.176. The normalized spacial score (nSPS) is 10.4. The lowest BCUT2D eigenvalue weighted by molar-refractivity contribution is 0.0991. The molecule has 1 N–H and O–H groups in total. The molecule has 1 heterocycles. The van der Waals surface area contributed by atoms with Crippen molar-refractivity contribution in [1.82, 2.24) is 4.98 Å². The highest BCUT2D eigenvalue weighted by Gasteiger charge is 2.12. The molecule has 3 rings (SSSR count). The number of benzene rings is 2. The third kappa shape index (κ3) is 3.04. The van der Waals surface area contributed by atoms with E-state index in [1.165, 1.54) is 0 Å². The number of ketones is 1. The number of nitrogens with one attached hydrogen (secondary N) is 1. The summed E-state index contributed by atoms with van der Waals surface area (Å²) in [5.41, 5.74) is 2.55. The summed E-state index contributed by atoms with van der Waals surface area (Å²) < 4.78 is 0. The van der Waals surface area contributed by atoms with E-state index >= 15 is 0 Å². The summed E-state index contributed by atoms with van der Waals surface area (Å²) in [6.45, 7) is 0. The molecule has 108 valence electrons. The van der Waals surface area contributed by atoms with E-state index in [2.05, 4.69) is 4.98 Å². The molecule has 0 aliphatic carbocycles. The van der Waals surface area contributed by atoms with Crippen molar-refractivity contribution in [3.63, 3.8) is 0 Å². The van der Waals surface area contributed by atoms with Crippen LogP contribution in [0.4, 0.5) is 0 Å². The Labute approximate surface area is 128 Å². The molecule has 0 aliphatic rings. The molecule has 0 radical (unpaired) electrons. The van der Waals surface area contributed by atoms with Gasteiger partial charge in [-0.25, -0.2) is 0 Å². The van der Waals surface area contributed by atoms with Crippen LogP contribution in [0.3, 0.4) is 0 Å². The minimum absolute atomic E-state index is 0.176. The number of hydrogen-bond donors (Lipinski definition) is 1. The summed E-state index contributed by atoms with van der Waals surface area (Å²) in [6.07, 6.45) is 1.86. The van der Waals surface area contributed by atoms with Gasteiger partial charge in [-0.15, -0.1) is 0 Å². The van der Waals surface area contributed by atoms with E-state index in [1.807, 2.05) is 60.7 Å². The van der Waals surface area contributed by atoms with Crippen LogP contribution >= 0.6 is 0 Å². The Hall–Kier alpha value is -2.94. The number of rotatable bonds is 4. The maximum Gasteiger partial charge on any atom is 0.258 e. The van der Waals surface area contributed by atoms with E-state index in [-0.39, 0.29) is 23.3 Å². The number of pyridine rings is 1. The molecular formula is C19H15NO2. The Morgan fingerprint density at radius 2 is 1.50 bits per heavy atom. The minimum Gasteiger partial charge on any atom is -0.328 e. The van der Waals surface area contributed by atoms with Crippen LogP contribution < -0.4 is 5.56 Å². The van der Waals surface area contributed by atoms with Crippen LogP contribution in [0.15, 0.2) is 77.7 Å². The summed E-state index contributed by atoms with van der Waals surface area (Å²) >= 11 is 0. The second kappa shape index (κ2) is 6.22. The van der Waals surface area contributed by atoms with Crippen LogP contribution in [0.1, 0.15) is 15.9 Å². The largest absolute Gasteiger partial charge is 0.328 e. The molecular weight excluding hydrogens is 274 g/mol. The van der Waals surface area contributed by atoms with Gasteiger partial charge in [-0.1, -0.05) is 60.7 Å². The van der Waals surface area contributed by atoms with Crippen molar-refractivity contribution in [3.05, 3.63) is 94.4 Å². The van der Waals surface area contributed by atoms with Crippen LogP contribution in [-0.4, -0.2) is 10.8 Å². The number of hydrogen-bond acceptors (Lipinski definition) is 2. The fourth-order valence-electron chi connectivity index (χ4n) is 2.36. The number of Topliss-reactive ketones (excluding diaryl/α,β-unsaturated/α-hetero) is 1. The fraction of sp³-hybridized carbons (Fsp3) is 0.0526. The van der Waals surface area contributed by atoms with E-state index in [0.717, 1.165) is 16.7 Å². The molecule has 2 aromatic carbocycles.